The molecule has 1 unspecified atom stereocenters. The van der Waals surface area contributed by atoms with Gasteiger partial charge in [-0.05, 0) is 56.7 Å². The number of hydrogen-bond donors (Lipinski definition) is 2. The van der Waals surface area contributed by atoms with Crippen molar-refractivity contribution < 1.29 is 8.42 Å². The molecule has 4 nitrogen and oxygen atoms in total. The van der Waals surface area contributed by atoms with Crippen molar-refractivity contribution in [3.8, 4) is 0 Å². The van der Waals surface area contributed by atoms with E-state index in [1.165, 1.54) is 0 Å². The van der Waals surface area contributed by atoms with Crippen LogP contribution in [0.15, 0.2) is 26.0 Å². The molecule has 0 aliphatic carbocycles. The lowest BCUT2D eigenvalue weighted by atomic mass is 10.3. The van der Waals surface area contributed by atoms with Gasteiger partial charge < -0.3 is 5.73 Å². The van der Waals surface area contributed by atoms with E-state index in [2.05, 4.69) is 36.6 Å². The molecule has 1 atom stereocenters. The van der Waals surface area contributed by atoms with Crippen LogP contribution in [0.2, 0.25) is 0 Å². The van der Waals surface area contributed by atoms with Crippen LogP contribution in [0.1, 0.15) is 13.3 Å². The van der Waals surface area contributed by atoms with Gasteiger partial charge in [-0.15, -0.1) is 0 Å². The molecule has 0 aliphatic rings. The molecule has 108 valence electrons. The number of nitrogens with two attached hydrogens (primary N) is 1. The van der Waals surface area contributed by atoms with E-state index >= 15 is 0 Å². The summed E-state index contributed by atoms with van der Waals surface area (Å²) in [6.45, 7) is 1.95. The highest BCUT2D eigenvalue weighted by molar-refractivity contribution is 9.11. The van der Waals surface area contributed by atoms with Crippen molar-refractivity contribution in [3.05, 3.63) is 21.1 Å². The van der Waals surface area contributed by atoms with E-state index in [0.717, 1.165) is 12.2 Å². The Labute approximate surface area is 135 Å². The van der Waals surface area contributed by atoms with Gasteiger partial charge in [-0.2, -0.15) is 11.8 Å². The number of benzene rings is 1. The Kier molecular flexibility index (Phi) is 6.65. The van der Waals surface area contributed by atoms with Crippen LogP contribution in [-0.4, -0.2) is 26.5 Å². The van der Waals surface area contributed by atoms with Crippen LogP contribution in [0, 0.1) is 0 Å². The predicted octanol–water partition coefficient (Wildman–Crippen LogP) is 3.21. The average molecular weight is 432 g/mol. The lowest BCUT2D eigenvalue weighted by molar-refractivity contribution is 0.557. The minimum Gasteiger partial charge on any atom is -0.399 e. The molecule has 0 amide bonds. The normalized spacial score (nSPS) is 13.5. The molecule has 0 aliphatic heterocycles. The lowest BCUT2D eigenvalue weighted by Gasteiger charge is -2.17. The number of hydrogen-bond acceptors (Lipinski definition) is 4. The smallest absolute Gasteiger partial charge is 0.243 e. The van der Waals surface area contributed by atoms with Gasteiger partial charge in [-0.3, -0.25) is 0 Å². The fourth-order valence-electron chi connectivity index (χ4n) is 1.55. The first-order chi connectivity index (χ1) is 8.81. The summed E-state index contributed by atoms with van der Waals surface area (Å²) < 4.78 is 28.4. The summed E-state index contributed by atoms with van der Waals surface area (Å²) in [6, 6.07) is 3.07. The monoisotopic (exact) mass is 430 g/mol. The minimum absolute atomic E-state index is 0.0867. The van der Waals surface area contributed by atoms with Crippen molar-refractivity contribution in [2.75, 3.05) is 17.7 Å². The fraction of sp³-hybridized carbons (Fsp3) is 0.455. The van der Waals surface area contributed by atoms with E-state index in [0.29, 0.717) is 14.6 Å². The quantitative estimate of drug-likeness (QED) is 0.678. The molecule has 1 rings (SSSR count). The molecule has 1 aromatic rings. The Balaban J connectivity index is 3.14. The predicted molar refractivity (Wildman–Crippen MR) is 89.0 cm³/mol. The standard InChI is InChI=1S/C11H16Br2N2O2S2/c1-3-8(6-18-2)15-19(16,17)11-9(12)4-7(14)5-10(11)13/h4-5,8,15H,3,6,14H2,1-2H3. The number of anilines is 1. The molecule has 3 N–H and O–H groups in total. The van der Waals surface area contributed by atoms with Gasteiger partial charge in [0.2, 0.25) is 10.0 Å². The van der Waals surface area contributed by atoms with E-state index in [1.807, 2.05) is 13.2 Å². The summed E-state index contributed by atoms with van der Waals surface area (Å²) in [4.78, 5) is 0.182. The highest BCUT2D eigenvalue weighted by Gasteiger charge is 2.24. The van der Waals surface area contributed by atoms with Crippen molar-refractivity contribution in [3.63, 3.8) is 0 Å². The number of sulfonamides is 1. The molecule has 19 heavy (non-hydrogen) atoms. The summed E-state index contributed by atoms with van der Waals surface area (Å²) in [6.07, 6.45) is 2.69. The Hall–Kier alpha value is 0.240. The number of rotatable bonds is 6. The van der Waals surface area contributed by atoms with E-state index in [1.54, 1.807) is 23.9 Å². The van der Waals surface area contributed by atoms with Crippen LogP contribution in [0.4, 0.5) is 5.69 Å². The Morgan fingerprint density at radius 3 is 2.32 bits per heavy atom. The summed E-state index contributed by atoms with van der Waals surface area (Å²) >= 11 is 8.11. The van der Waals surface area contributed by atoms with E-state index in [4.69, 9.17) is 5.73 Å². The van der Waals surface area contributed by atoms with Gasteiger partial charge in [-0.1, -0.05) is 6.92 Å². The summed E-state index contributed by atoms with van der Waals surface area (Å²) in [5.41, 5.74) is 6.16. The minimum atomic E-state index is -3.58. The Bertz CT molecular complexity index is 527. The van der Waals surface area contributed by atoms with Crippen molar-refractivity contribution >= 4 is 59.3 Å². The molecular weight excluding hydrogens is 416 g/mol. The van der Waals surface area contributed by atoms with E-state index < -0.39 is 10.0 Å². The van der Waals surface area contributed by atoms with Crippen molar-refractivity contribution in [2.45, 2.75) is 24.3 Å². The first-order valence-corrected chi connectivity index (χ1v) is 10.0. The third-order valence-corrected chi connectivity index (χ3v) is 6.60. The second kappa shape index (κ2) is 7.31. The van der Waals surface area contributed by atoms with Crippen molar-refractivity contribution in [2.24, 2.45) is 0 Å². The molecule has 0 spiro atoms. The van der Waals surface area contributed by atoms with E-state index in [-0.39, 0.29) is 10.9 Å². The summed E-state index contributed by atoms with van der Waals surface area (Å²) in [5, 5.41) is 0. The first-order valence-electron chi connectivity index (χ1n) is 5.57. The third kappa shape index (κ3) is 4.63. The first kappa shape index (κ1) is 17.3. The Morgan fingerprint density at radius 2 is 1.89 bits per heavy atom. The maximum absolute atomic E-state index is 12.4. The van der Waals surface area contributed by atoms with Crippen molar-refractivity contribution in [1.29, 1.82) is 0 Å². The van der Waals surface area contributed by atoms with E-state index in [9.17, 15) is 8.42 Å². The second-order valence-corrected chi connectivity index (χ2v) is 8.27. The molecule has 0 aromatic heterocycles. The molecule has 0 radical (unpaired) electrons. The summed E-state index contributed by atoms with van der Waals surface area (Å²) in [5.74, 6) is 0.736. The molecule has 8 heteroatoms. The van der Waals surface area contributed by atoms with Crippen LogP contribution in [0.3, 0.4) is 0 Å². The maximum atomic E-state index is 12.4. The van der Waals surface area contributed by atoms with Gasteiger partial charge in [0.15, 0.2) is 0 Å². The van der Waals surface area contributed by atoms with Crippen LogP contribution >= 0.6 is 43.6 Å². The zero-order chi connectivity index (χ0) is 14.6. The van der Waals surface area contributed by atoms with Gasteiger partial charge in [0, 0.05) is 26.4 Å². The molecule has 1 aromatic carbocycles. The largest absolute Gasteiger partial charge is 0.399 e. The number of halogens is 2. The average Bonchev–Trinajstić information content (AvgIpc) is 2.25. The van der Waals surface area contributed by atoms with Crippen LogP contribution < -0.4 is 10.5 Å². The van der Waals surface area contributed by atoms with Gasteiger partial charge in [0.05, 0.1) is 0 Å². The number of thioether (sulfide) groups is 1. The van der Waals surface area contributed by atoms with Gasteiger partial charge in [0.25, 0.3) is 0 Å². The molecular formula is C11H16Br2N2O2S2. The highest BCUT2D eigenvalue weighted by atomic mass is 79.9. The summed E-state index contributed by atoms with van der Waals surface area (Å²) in [7, 11) is -3.58. The zero-order valence-corrected chi connectivity index (χ0v) is 15.4. The third-order valence-electron chi connectivity index (χ3n) is 2.47. The number of nitrogens with one attached hydrogen (secondary N) is 1. The van der Waals surface area contributed by atoms with Gasteiger partial charge in [-0.25, -0.2) is 13.1 Å². The highest BCUT2D eigenvalue weighted by Crippen LogP contribution is 2.32. The maximum Gasteiger partial charge on any atom is 0.243 e. The zero-order valence-electron chi connectivity index (χ0n) is 10.6. The lowest BCUT2D eigenvalue weighted by Crippen LogP contribution is -2.36. The van der Waals surface area contributed by atoms with Gasteiger partial charge in [0.1, 0.15) is 4.90 Å². The Morgan fingerprint density at radius 1 is 1.37 bits per heavy atom. The molecule has 0 fully saturated rings. The van der Waals surface area contributed by atoms with Crippen molar-refractivity contribution in [1.82, 2.24) is 4.72 Å². The molecule has 0 bridgehead atoms. The number of nitrogen functional groups attached to an aromatic ring is 1. The molecule has 0 saturated carbocycles. The van der Waals surface area contributed by atoms with Crippen LogP contribution in [0.5, 0.6) is 0 Å². The van der Waals surface area contributed by atoms with Crippen LogP contribution in [0.25, 0.3) is 0 Å². The van der Waals surface area contributed by atoms with Crippen LogP contribution in [-0.2, 0) is 10.0 Å². The topological polar surface area (TPSA) is 72.2 Å². The molecule has 0 heterocycles. The van der Waals surface area contributed by atoms with Gasteiger partial charge >= 0.3 is 0 Å². The SMILES string of the molecule is CCC(CSC)NS(=O)(=O)c1c(Br)cc(N)cc1Br. The molecule has 0 saturated heterocycles. The second-order valence-electron chi connectivity index (χ2n) is 4.00. The fourth-order valence-corrected chi connectivity index (χ4v) is 6.32.